The van der Waals surface area contributed by atoms with E-state index < -0.39 is 5.41 Å². The topological polar surface area (TPSA) is 60.2 Å². The van der Waals surface area contributed by atoms with Crippen molar-refractivity contribution in [3.63, 3.8) is 0 Å². The van der Waals surface area contributed by atoms with E-state index in [1.807, 2.05) is 19.9 Å². The summed E-state index contributed by atoms with van der Waals surface area (Å²) in [5, 5.41) is 0. The Bertz CT molecular complexity index is 692. The highest BCUT2D eigenvalue weighted by molar-refractivity contribution is 5.91. The lowest BCUT2D eigenvalue weighted by Gasteiger charge is -2.58. The fraction of sp³-hybridized carbons (Fsp3) is 0.833. The number of ketones is 1. The van der Waals surface area contributed by atoms with Crippen molar-refractivity contribution in [2.45, 2.75) is 85.5 Å². The number of allylic oxidation sites excluding steroid dienone is 1. The molecule has 0 aromatic heterocycles. The Morgan fingerprint density at radius 3 is 2.56 bits per heavy atom. The van der Waals surface area contributed by atoms with Crippen LogP contribution in [-0.4, -0.2) is 11.7 Å². The van der Waals surface area contributed by atoms with Gasteiger partial charge in [0.1, 0.15) is 0 Å². The summed E-state index contributed by atoms with van der Waals surface area (Å²) in [6.07, 6.45) is 12.2. The Labute approximate surface area is 164 Å². The molecule has 27 heavy (non-hydrogen) atoms. The van der Waals surface area contributed by atoms with E-state index in [2.05, 4.69) is 13.8 Å². The molecular formula is C24H37NO2. The summed E-state index contributed by atoms with van der Waals surface area (Å²) in [6.45, 7) is 9.01. The van der Waals surface area contributed by atoms with E-state index in [9.17, 15) is 9.59 Å². The summed E-state index contributed by atoms with van der Waals surface area (Å²) in [4.78, 5) is 23.9. The maximum absolute atomic E-state index is 12.0. The molecule has 2 N–H and O–H groups in total. The molecule has 4 aliphatic rings. The fourth-order valence-corrected chi connectivity index (χ4v) is 7.72. The number of amides is 1. The number of nitrogens with two attached hydrogens (primary N) is 1. The molecule has 0 aromatic carbocycles. The maximum atomic E-state index is 12.0. The molecule has 3 heteroatoms. The van der Waals surface area contributed by atoms with Crippen LogP contribution >= 0.6 is 0 Å². The van der Waals surface area contributed by atoms with Gasteiger partial charge in [0.2, 0.25) is 5.91 Å². The van der Waals surface area contributed by atoms with Crippen molar-refractivity contribution in [3.8, 4) is 0 Å². The number of fused-ring (bicyclic) bond motifs is 5. The molecule has 1 amide bonds. The number of primary amides is 1. The largest absolute Gasteiger partial charge is 0.369 e. The van der Waals surface area contributed by atoms with Gasteiger partial charge in [-0.2, -0.15) is 0 Å². The van der Waals surface area contributed by atoms with E-state index >= 15 is 0 Å². The third-order valence-electron chi connectivity index (χ3n) is 9.58. The molecule has 3 saturated carbocycles. The van der Waals surface area contributed by atoms with Gasteiger partial charge in [-0.15, -0.1) is 0 Å². The summed E-state index contributed by atoms with van der Waals surface area (Å²) < 4.78 is 0. The Morgan fingerprint density at radius 2 is 1.85 bits per heavy atom. The second-order valence-corrected chi connectivity index (χ2v) is 11.2. The van der Waals surface area contributed by atoms with Crippen LogP contribution in [0.4, 0.5) is 0 Å². The molecule has 0 heterocycles. The van der Waals surface area contributed by atoms with Gasteiger partial charge in [0.25, 0.3) is 0 Å². The number of hydrogen-bond acceptors (Lipinski definition) is 2. The molecule has 0 aliphatic heterocycles. The third kappa shape index (κ3) is 2.83. The van der Waals surface area contributed by atoms with Gasteiger partial charge >= 0.3 is 0 Å². The first-order valence-corrected chi connectivity index (χ1v) is 11.1. The molecule has 150 valence electrons. The van der Waals surface area contributed by atoms with Crippen molar-refractivity contribution in [1.82, 2.24) is 0 Å². The second kappa shape index (κ2) is 6.19. The van der Waals surface area contributed by atoms with Gasteiger partial charge in [0.05, 0.1) is 0 Å². The second-order valence-electron chi connectivity index (χ2n) is 11.2. The lowest BCUT2D eigenvalue weighted by molar-refractivity contribution is -0.128. The molecule has 3 nitrogen and oxygen atoms in total. The van der Waals surface area contributed by atoms with Crippen molar-refractivity contribution in [3.05, 3.63) is 11.6 Å². The first-order valence-electron chi connectivity index (χ1n) is 11.1. The van der Waals surface area contributed by atoms with Crippen LogP contribution in [-0.2, 0) is 9.59 Å². The molecule has 6 atom stereocenters. The van der Waals surface area contributed by atoms with Crippen molar-refractivity contribution in [1.29, 1.82) is 0 Å². The predicted molar refractivity (Wildman–Crippen MR) is 108 cm³/mol. The highest BCUT2D eigenvalue weighted by Gasteiger charge is 2.59. The lowest BCUT2D eigenvalue weighted by Crippen LogP contribution is -2.51. The van der Waals surface area contributed by atoms with Crippen molar-refractivity contribution < 1.29 is 9.59 Å². The smallest absolute Gasteiger partial charge is 0.223 e. The predicted octanol–water partition coefficient (Wildman–Crippen LogP) is 5.04. The molecule has 4 rings (SSSR count). The summed E-state index contributed by atoms with van der Waals surface area (Å²) in [6, 6.07) is 0. The first kappa shape index (κ1) is 19.2. The minimum Gasteiger partial charge on any atom is -0.369 e. The molecule has 1 unspecified atom stereocenters. The van der Waals surface area contributed by atoms with Crippen molar-refractivity contribution in [2.75, 3.05) is 0 Å². The molecule has 0 bridgehead atoms. The van der Waals surface area contributed by atoms with E-state index in [0.29, 0.717) is 17.1 Å². The number of rotatable bonds is 3. The molecule has 0 saturated heterocycles. The average molecular weight is 372 g/mol. The minimum absolute atomic E-state index is 0.157. The van der Waals surface area contributed by atoms with Crippen LogP contribution in [0, 0.1) is 39.9 Å². The third-order valence-corrected chi connectivity index (χ3v) is 9.58. The van der Waals surface area contributed by atoms with Crippen molar-refractivity contribution in [2.24, 2.45) is 45.7 Å². The van der Waals surface area contributed by atoms with Crippen LogP contribution in [0.15, 0.2) is 11.6 Å². The quantitative estimate of drug-likeness (QED) is 0.756. The molecule has 0 spiro atoms. The van der Waals surface area contributed by atoms with E-state index in [0.717, 1.165) is 43.4 Å². The van der Waals surface area contributed by atoms with Crippen LogP contribution in [0.25, 0.3) is 0 Å². The lowest BCUT2D eigenvalue weighted by atomic mass is 9.46. The van der Waals surface area contributed by atoms with Gasteiger partial charge < -0.3 is 5.73 Å². The molecule has 0 radical (unpaired) electrons. The number of carbonyl (C=O) groups is 2. The van der Waals surface area contributed by atoms with Gasteiger partial charge in [-0.3, -0.25) is 9.59 Å². The van der Waals surface area contributed by atoms with Gasteiger partial charge in [-0.25, -0.2) is 0 Å². The van der Waals surface area contributed by atoms with E-state index in [4.69, 9.17) is 5.73 Å². The van der Waals surface area contributed by atoms with Crippen LogP contribution in [0.5, 0.6) is 0 Å². The zero-order valence-corrected chi connectivity index (χ0v) is 17.6. The SMILES string of the molecule is CC(C)(CC1CC[C@H]2[C@@H]3CCC4=CC(=O)CC[C@]4(C)[C@@H]3CC[C@]12C)C(N)=O. The fourth-order valence-electron chi connectivity index (χ4n) is 7.72. The molecule has 3 fully saturated rings. The molecular weight excluding hydrogens is 334 g/mol. The van der Waals surface area contributed by atoms with Crippen LogP contribution < -0.4 is 5.73 Å². The Morgan fingerprint density at radius 1 is 1.11 bits per heavy atom. The summed E-state index contributed by atoms with van der Waals surface area (Å²) >= 11 is 0. The highest BCUT2D eigenvalue weighted by atomic mass is 16.1. The summed E-state index contributed by atoms with van der Waals surface area (Å²) in [5.41, 5.74) is 7.35. The Kier molecular flexibility index (Phi) is 4.40. The van der Waals surface area contributed by atoms with Gasteiger partial charge in [0.15, 0.2) is 5.78 Å². The maximum Gasteiger partial charge on any atom is 0.223 e. The Balaban J connectivity index is 1.58. The van der Waals surface area contributed by atoms with Crippen LogP contribution in [0.2, 0.25) is 0 Å². The average Bonchev–Trinajstić information content (AvgIpc) is 2.91. The van der Waals surface area contributed by atoms with E-state index in [-0.39, 0.29) is 11.3 Å². The zero-order valence-electron chi connectivity index (χ0n) is 17.6. The van der Waals surface area contributed by atoms with Gasteiger partial charge in [-0.05, 0) is 91.9 Å². The first-order chi connectivity index (χ1) is 12.6. The molecule has 0 aromatic rings. The zero-order chi connectivity index (χ0) is 19.6. The van der Waals surface area contributed by atoms with Gasteiger partial charge in [0, 0.05) is 11.8 Å². The monoisotopic (exact) mass is 371 g/mol. The Hall–Kier alpha value is -1.12. The summed E-state index contributed by atoms with van der Waals surface area (Å²) in [7, 11) is 0. The van der Waals surface area contributed by atoms with Gasteiger partial charge in [-0.1, -0.05) is 33.3 Å². The minimum atomic E-state index is -0.405. The van der Waals surface area contributed by atoms with E-state index in [1.165, 1.54) is 37.7 Å². The highest BCUT2D eigenvalue weighted by Crippen LogP contribution is 2.67. The number of carbonyl (C=O) groups excluding carboxylic acids is 2. The normalized spacial score (nSPS) is 44.1. The number of hydrogen-bond donors (Lipinski definition) is 1. The van der Waals surface area contributed by atoms with Crippen molar-refractivity contribution >= 4 is 11.7 Å². The standard InChI is InChI=1S/C24H37NO2/c1-22(2,21(25)27)14-16-6-8-19-18-7-5-15-13-17(26)9-11-23(15,3)20(18)10-12-24(16,19)4/h13,16,18-20H,5-12,14H2,1-4H3,(H2,25,27)/t16?,18-,19-,20+,23-,24+/m0/s1. The van der Waals surface area contributed by atoms with Crippen LogP contribution in [0.1, 0.15) is 85.5 Å². The summed E-state index contributed by atoms with van der Waals surface area (Å²) in [5.74, 6) is 3.11. The molecule has 4 aliphatic carbocycles. The van der Waals surface area contributed by atoms with E-state index in [1.54, 1.807) is 0 Å². The van der Waals surface area contributed by atoms with Crippen LogP contribution in [0.3, 0.4) is 0 Å².